The van der Waals surface area contributed by atoms with E-state index in [1.165, 1.54) is 0 Å². The van der Waals surface area contributed by atoms with E-state index in [0.717, 1.165) is 23.7 Å². The Hall–Kier alpha value is -3.55. The molecule has 0 fully saturated rings. The third kappa shape index (κ3) is 3.55. The number of hydrogen-bond donors (Lipinski definition) is 1. The molecule has 8 nitrogen and oxygen atoms in total. The molecule has 8 heteroatoms. The van der Waals surface area contributed by atoms with Crippen LogP contribution in [0.5, 0.6) is 0 Å². The van der Waals surface area contributed by atoms with Gasteiger partial charge < -0.3 is 9.73 Å². The minimum atomic E-state index is -0.284. The number of nitrogens with one attached hydrogen (secondary N) is 1. The van der Waals surface area contributed by atoms with Gasteiger partial charge in [-0.05, 0) is 23.9 Å². The summed E-state index contributed by atoms with van der Waals surface area (Å²) in [6.07, 6.45) is 4.45. The van der Waals surface area contributed by atoms with Gasteiger partial charge in [0, 0.05) is 24.3 Å². The van der Waals surface area contributed by atoms with E-state index in [-0.39, 0.29) is 12.5 Å². The smallest absolute Gasteiger partial charge is 0.272 e. The van der Waals surface area contributed by atoms with Crippen LogP contribution in [0, 0.1) is 0 Å². The maximum atomic E-state index is 12.2. The lowest BCUT2D eigenvalue weighted by molar-refractivity contribution is 0.0941. The van der Waals surface area contributed by atoms with Crippen LogP contribution in [0.25, 0.3) is 22.4 Å². The Kier molecular flexibility index (Phi) is 4.61. The third-order valence-electron chi connectivity index (χ3n) is 4.07. The van der Waals surface area contributed by atoms with Crippen molar-refractivity contribution in [1.29, 1.82) is 0 Å². The van der Waals surface area contributed by atoms with E-state index < -0.39 is 0 Å². The highest BCUT2D eigenvalue weighted by Crippen LogP contribution is 2.25. The minimum Gasteiger partial charge on any atom is -0.417 e. The molecule has 0 spiro atoms. The van der Waals surface area contributed by atoms with Crippen LogP contribution in [0.1, 0.15) is 29.7 Å². The number of carbonyl (C=O) groups excluding carboxylic acids is 1. The number of hydrogen-bond acceptors (Lipinski definition) is 6. The van der Waals surface area contributed by atoms with Crippen molar-refractivity contribution in [1.82, 2.24) is 30.3 Å². The molecule has 0 radical (unpaired) electrons. The zero-order valence-electron chi connectivity index (χ0n) is 14.8. The fraction of sp³-hybridized carbons (Fsp3) is 0.211. The number of aryl methyl sites for hydroxylation is 1. The molecular weight excluding hydrogens is 344 g/mol. The van der Waals surface area contributed by atoms with Crippen molar-refractivity contribution in [2.24, 2.45) is 0 Å². The van der Waals surface area contributed by atoms with E-state index in [1.807, 2.05) is 30.3 Å². The van der Waals surface area contributed by atoms with Gasteiger partial charge in [-0.25, -0.2) is 0 Å². The first-order valence-electron chi connectivity index (χ1n) is 8.73. The minimum absolute atomic E-state index is 0.122. The highest BCUT2D eigenvalue weighted by molar-refractivity contribution is 5.92. The van der Waals surface area contributed by atoms with Gasteiger partial charge in [-0.1, -0.05) is 31.2 Å². The van der Waals surface area contributed by atoms with Crippen molar-refractivity contribution in [2.45, 2.75) is 26.4 Å². The van der Waals surface area contributed by atoms with Crippen molar-refractivity contribution >= 4 is 16.7 Å². The second kappa shape index (κ2) is 7.36. The average Bonchev–Trinajstić information content (AvgIpc) is 3.36. The molecule has 1 N–H and O–H groups in total. The zero-order chi connectivity index (χ0) is 18.6. The van der Waals surface area contributed by atoms with Crippen LogP contribution in [0.15, 0.2) is 53.2 Å². The van der Waals surface area contributed by atoms with Gasteiger partial charge in [-0.2, -0.15) is 5.10 Å². The Balaban J connectivity index is 1.47. The molecular formula is C19H18N6O2. The first kappa shape index (κ1) is 16.9. The third-order valence-corrected chi connectivity index (χ3v) is 4.07. The van der Waals surface area contributed by atoms with E-state index in [2.05, 4.69) is 32.5 Å². The van der Waals surface area contributed by atoms with Crippen LogP contribution < -0.4 is 5.32 Å². The summed E-state index contributed by atoms with van der Waals surface area (Å²) >= 11 is 0. The van der Waals surface area contributed by atoms with E-state index in [9.17, 15) is 4.79 Å². The molecule has 0 saturated heterocycles. The molecule has 1 aromatic carbocycles. The molecule has 3 heterocycles. The normalized spacial score (nSPS) is 11.0. The van der Waals surface area contributed by atoms with Crippen molar-refractivity contribution in [3.8, 4) is 11.6 Å². The summed E-state index contributed by atoms with van der Waals surface area (Å²) in [5, 5.41) is 17.0. The quantitative estimate of drug-likeness (QED) is 0.566. The van der Waals surface area contributed by atoms with Gasteiger partial charge >= 0.3 is 0 Å². The van der Waals surface area contributed by atoms with Crippen molar-refractivity contribution in [2.75, 3.05) is 0 Å². The van der Waals surface area contributed by atoms with Gasteiger partial charge in [0.05, 0.1) is 6.54 Å². The summed E-state index contributed by atoms with van der Waals surface area (Å²) in [5.74, 6) is 0.345. The molecule has 0 saturated carbocycles. The molecule has 3 aromatic heterocycles. The van der Waals surface area contributed by atoms with E-state index in [4.69, 9.17) is 4.42 Å². The number of pyridine rings is 1. The lowest BCUT2D eigenvalue weighted by Crippen LogP contribution is -2.23. The molecule has 136 valence electrons. The summed E-state index contributed by atoms with van der Waals surface area (Å²) in [5.41, 5.74) is 0.982. The number of carbonyl (C=O) groups is 1. The molecule has 27 heavy (non-hydrogen) atoms. The number of fused-ring (bicyclic) bond motifs is 1. The Morgan fingerprint density at radius 2 is 2.07 bits per heavy atom. The highest BCUT2D eigenvalue weighted by atomic mass is 16.4. The van der Waals surface area contributed by atoms with Crippen LogP contribution >= 0.6 is 0 Å². The largest absolute Gasteiger partial charge is 0.417 e. The first-order chi connectivity index (χ1) is 13.2. The Bertz CT molecular complexity index is 1080. The fourth-order valence-corrected chi connectivity index (χ4v) is 2.79. The first-order valence-corrected chi connectivity index (χ1v) is 8.73. The van der Waals surface area contributed by atoms with Crippen molar-refractivity contribution < 1.29 is 9.21 Å². The van der Waals surface area contributed by atoms with Gasteiger partial charge in [-0.3, -0.25) is 14.5 Å². The Morgan fingerprint density at radius 1 is 1.19 bits per heavy atom. The molecule has 4 rings (SSSR count). The highest BCUT2D eigenvalue weighted by Gasteiger charge is 2.15. The Morgan fingerprint density at radius 3 is 2.96 bits per heavy atom. The lowest BCUT2D eigenvalue weighted by Gasteiger charge is -2.01. The van der Waals surface area contributed by atoms with Gasteiger partial charge in [0.2, 0.25) is 5.89 Å². The number of amides is 1. The Labute approximate surface area is 155 Å². The predicted molar refractivity (Wildman–Crippen MR) is 98.7 cm³/mol. The number of aromatic nitrogens is 5. The monoisotopic (exact) mass is 362 g/mol. The standard InChI is InChI=1S/C19H18N6O2/c1-2-10-25-11-8-15(24-25)18(26)21-12-16-22-23-19(27-16)17-14-6-4-3-5-13(14)7-9-20-17/h3-9,11H,2,10,12H2,1H3,(H,21,26). The SMILES string of the molecule is CCCn1ccc(C(=O)NCc2nnc(-c3nccc4ccccc34)o2)n1. The van der Waals surface area contributed by atoms with Crippen LogP contribution in [0.2, 0.25) is 0 Å². The van der Waals surface area contributed by atoms with Crippen LogP contribution in [-0.4, -0.2) is 30.9 Å². The molecule has 1 amide bonds. The van der Waals surface area contributed by atoms with E-state index >= 15 is 0 Å². The number of benzene rings is 1. The molecule has 0 aliphatic carbocycles. The molecule has 0 atom stereocenters. The summed E-state index contributed by atoms with van der Waals surface area (Å²) in [6, 6.07) is 11.5. The maximum Gasteiger partial charge on any atom is 0.272 e. The van der Waals surface area contributed by atoms with Crippen LogP contribution in [-0.2, 0) is 13.1 Å². The molecule has 0 unspecified atom stereocenters. The number of rotatable bonds is 6. The van der Waals surface area contributed by atoms with Crippen molar-refractivity contribution in [3.63, 3.8) is 0 Å². The molecule has 0 bridgehead atoms. The van der Waals surface area contributed by atoms with E-state index in [1.54, 1.807) is 23.1 Å². The average molecular weight is 362 g/mol. The molecule has 4 aromatic rings. The van der Waals surface area contributed by atoms with E-state index in [0.29, 0.717) is 23.2 Å². The lowest BCUT2D eigenvalue weighted by atomic mass is 10.1. The molecule has 0 aliphatic rings. The number of nitrogens with zero attached hydrogens (tertiary/aromatic N) is 5. The van der Waals surface area contributed by atoms with Crippen molar-refractivity contribution in [3.05, 3.63) is 60.4 Å². The predicted octanol–water partition coefficient (Wildman–Crippen LogP) is 2.82. The van der Waals surface area contributed by atoms with Gasteiger partial charge in [0.25, 0.3) is 11.8 Å². The van der Waals surface area contributed by atoms with Crippen LogP contribution in [0.3, 0.4) is 0 Å². The van der Waals surface area contributed by atoms with Gasteiger partial charge in [-0.15, -0.1) is 10.2 Å². The summed E-state index contributed by atoms with van der Waals surface area (Å²) in [7, 11) is 0. The zero-order valence-corrected chi connectivity index (χ0v) is 14.8. The van der Waals surface area contributed by atoms with Gasteiger partial charge in [0.15, 0.2) is 0 Å². The summed E-state index contributed by atoms with van der Waals surface area (Å²) in [6.45, 7) is 2.95. The second-order valence-corrected chi connectivity index (χ2v) is 6.03. The second-order valence-electron chi connectivity index (χ2n) is 6.03. The van der Waals surface area contributed by atoms with Gasteiger partial charge in [0.1, 0.15) is 11.4 Å². The molecule has 0 aliphatic heterocycles. The summed E-state index contributed by atoms with van der Waals surface area (Å²) < 4.78 is 7.42. The van der Waals surface area contributed by atoms with Crippen LogP contribution in [0.4, 0.5) is 0 Å². The summed E-state index contributed by atoms with van der Waals surface area (Å²) in [4.78, 5) is 16.6. The fourth-order valence-electron chi connectivity index (χ4n) is 2.79. The topological polar surface area (TPSA) is 98.7 Å². The maximum absolute atomic E-state index is 12.2.